The van der Waals surface area contributed by atoms with Crippen LogP contribution >= 0.6 is 0 Å². The van der Waals surface area contributed by atoms with Gasteiger partial charge in [0.2, 0.25) is 0 Å². The maximum absolute atomic E-state index is 12.3. The molecule has 0 aromatic heterocycles. The lowest BCUT2D eigenvalue weighted by atomic mass is 10.0. The molecular formula is C28H38O5. The molecule has 2 rings (SSSR count). The first-order valence-electron chi connectivity index (χ1n) is 12.3. The second kappa shape index (κ2) is 15.9. The number of para-hydroxylation sites is 2. The van der Waals surface area contributed by atoms with Crippen LogP contribution in [0.2, 0.25) is 0 Å². The van der Waals surface area contributed by atoms with Crippen LogP contribution in [0.4, 0.5) is 0 Å². The van der Waals surface area contributed by atoms with Gasteiger partial charge in [0.05, 0.1) is 0 Å². The largest absolute Gasteiger partial charge is 0.508 e. The number of carboxylic acid groups (broad SMARTS) is 1. The fourth-order valence-electron chi connectivity index (χ4n) is 3.94. The standard InChI is InChI=1S/C28H38O5/c29-25-19-13-11-16-23(25)15-7-3-2-6-10-22-28(32)33-26-20-14-12-18-24(26)17-8-4-1-5-9-21-27(30)31/h11-14,16,18-20,29H,1-10,15,17,21-22H2,(H,30,31). The summed E-state index contributed by atoms with van der Waals surface area (Å²) in [5, 5.41) is 18.5. The predicted octanol–water partition coefficient (Wildman–Crippen LogP) is 6.85. The molecule has 0 bridgehead atoms. The number of phenolic OH excluding ortho intramolecular Hbond substituents is 1. The molecule has 0 saturated heterocycles. The molecule has 33 heavy (non-hydrogen) atoms. The van der Waals surface area contributed by atoms with Crippen LogP contribution in [0, 0.1) is 0 Å². The van der Waals surface area contributed by atoms with Gasteiger partial charge in [0, 0.05) is 12.8 Å². The van der Waals surface area contributed by atoms with E-state index in [1.54, 1.807) is 6.07 Å². The fraction of sp³-hybridized carbons (Fsp3) is 0.500. The second-order valence-corrected chi connectivity index (χ2v) is 8.64. The zero-order chi connectivity index (χ0) is 23.7. The average Bonchev–Trinajstić information content (AvgIpc) is 2.79. The highest BCUT2D eigenvalue weighted by atomic mass is 16.5. The van der Waals surface area contributed by atoms with Crippen molar-refractivity contribution in [2.45, 2.75) is 89.9 Å². The third-order valence-electron chi connectivity index (χ3n) is 5.85. The third kappa shape index (κ3) is 11.6. The Morgan fingerprint density at radius 2 is 1.15 bits per heavy atom. The Labute approximate surface area is 197 Å². The van der Waals surface area contributed by atoms with Crippen molar-refractivity contribution in [1.82, 2.24) is 0 Å². The summed E-state index contributed by atoms with van der Waals surface area (Å²) in [4.78, 5) is 22.8. The van der Waals surface area contributed by atoms with Crippen molar-refractivity contribution in [2.75, 3.05) is 0 Å². The van der Waals surface area contributed by atoms with Crippen LogP contribution in [0.3, 0.4) is 0 Å². The number of hydrogen-bond donors (Lipinski definition) is 2. The Morgan fingerprint density at radius 3 is 1.82 bits per heavy atom. The number of benzene rings is 2. The highest BCUT2D eigenvalue weighted by molar-refractivity contribution is 5.72. The second-order valence-electron chi connectivity index (χ2n) is 8.64. The number of ether oxygens (including phenoxy) is 1. The molecule has 0 amide bonds. The summed E-state index contributed by atoms with van der Waals surface area (Å²) >= 11 is 0. The molecule has 5 heteroatoms. The lowest BCUT2D eigenvalue weighted by molar-refractivity contribution is -0.137. The quantitative estimate of drug-likeness (QED) is 0.155. The van der Waals surface area contributed by atoms with E-state index in [1.807, 2.05) is 42.5 Å². The number of esters is 1. The zero-order valence-corrected chi connectivity index (χ0v) is 19.6. The number of unbranched alkanes of at least 4 members (excludes halogenated alkanes) is 8. The Bertz CT molecular complexity index is 846. The maximum Gasteiger partial charge on any atom is 0.311 e. The number of aromatic hydroxyl groups is 1. The van der Waals surface area contributed by atoms with Crippen LogP contribution in [-0.2, 0) is 22.4 Å². The number of phenols is 1. The van der Waals surface area contributed by atoms with Crippen molar-refractivity contribution in [2.24, 2.45) is 0 Å². The van der Waals surface area contributed by atoms with E-state index < -0.39 is 5.97 Å². The molecule has 0 aliphatic heterocycles. The molecular weight excluding hydrogens is 416 g/mol. The molecule has 2 aromatic rings. The van der Waals surface area contributed by atoms with E-state index in [2.05, 4.69) is 0 Å². The van der Waals surface area contributed by atoms with E-state index in [-0.39, 0.29) is 12.4 Å². The van der Waals surface area contributed by atoms with E-state index in [9.17, 15) is 14.7 Å². The highest BCUT2D eigenvalue weighted by Crippen LogP contribution is 2.22. The van der Waals surface area contributed by atoms with Gasteiger partial charge in [0.15, 0.2) is 0 Å². The first-order valence-corrected chi connectivity index (χ1v) is 12.3. The lowest BCUT2D eigenvalue weighted by Crippen LogP contribution is -2.09. The van der Waals surface area contributed by atoms with Gasteiger partial charge in [-0.05, 0) is 61.8 Å². The van der Waals surface area contributed by atoms with Crippen LogP contribution in [0.15, 0.2) is 48.5 Å². The van der Waals surface area contributed by atoms with Crippen molar-refractivity contribution in [3.05, 3.63) is 59.7 Å². The Hall–Kier alpha value is -2.82. The average molecular weight is 455 g/mol. The molecule has 0 fully saturated rings. The van der Waals surface area contributed by atoms with Gasteiger partial charge < -0.3 is 14.9 Å². The number of aryl methyl sites for hydroxylation is 2. The minimum atomic E-state index is -0.727. The summed E-state index contributed by atoms with van der Waals surface area (Å²) in [6, 6.07) is 15.2. The molecule has 0 atom stereocenters. The number of carboxylic acids is 1. The first-order chi connectivity index (χ1) is 16.1. The number of carbonyl (C=O) groups is 2. The Kier molecular flexibility index (Phi) is 12.7. The van der Waals surface area contributed by atoms with E-state index in [0.717, 1.165) is 88.2 Å². The lowest BCUT2D eigenvalue weighted by Gasteiger charge is -2.10. The summed E-state index contributed by atoms with van der Waals surface area (Å²) < 4.78 is 5.63. The van der Waals surface area contributed by atoms with Crippen molar-refractivity contribution in [3.63, 3.8) is 0 Å². The van der Waals surface area contributed by atoms with E-state index in [0.29, 0.717) is 17.9 Å². The summed E-state index contributed by atoms with van der Waals surface area (Å²) in [5.41, 5.74) is 2.05. The predicted molar refractivity (Wildman–Crippen MR) is 131 cm³/mol. The van der Waals surface area contributed by atoms with Gasteiger partial charge in [-0.1, -0.05) is 74.9 Å². The molecule has 180 valence electrons. The van der Waals surface area contributed by atoms with Crippen molar-refractivity contribution >= 4 is 11.9 Å². The SMILES string of the molecule is O=C(O)CCCCCCCc1ccccc1OC(=O)CCCCCCCc1ccccc1O. The van der Waals surface area contributed by atoms with Crippen molar-refractivity contribution in [1.29, 1.82) is 0 Å². The van der Waals surface area contributed by atoms with Gasteiger partial charge in [-0.2, -0.15) is 0 Å². The van der Waals surface area contributed by atoms with Gasteiger partial charge in [0.1, 0.15) is 11.5 Å². The molecule has 2 N–H and O–H groups in total. The maximum atomic E-state index is 12.3. The molecule has 5 nitrogen and oxygen atoms in total. The van der Waals surface area contributed by atoms with Gasteiger partial charge in [0.25, 0.3) is 0 Å². The fourth-order valence-corrected chi connectivity index (χ4v) is 3.94. The van der Waals surface area contributed by atoms with Crippen LogP contribution in [0.1, 0.15) is 88.2 Å². The third-order valence-corrected chi connectivity index (χ3v) is 5.85. The Morgan fingerprint density at radius 1 is 0.636 bits per heavy atom. The molecule has 0 aliphatic rings. The molecule has 0 unspecified atom stereocenters. The summed E-state index contributed by atoms with van der Waals surface area (Å²) in [6.07, 6.45) is 12.2. The topological polar surface area (TPSA) is 83.8 Å². The van der Waals surface area contributed by atoms with Crippen molar-refractivity contribution < 1.29 is 24.5 Å². The van der Waals surface area contributed by atoms with Gasteiger partial charge in [-0.3, -0.25) is 9.59 Å². The van der Waals surface area contributed by atoms with E-state index in [4.69, 9.17) is 9.84 Å². The number of hydrogen-bond acceptors (Lipinski definition) is 4. The smallest absolute Gasteiger partial charge is 0.311 e. The highest BCUT2D eigenvalue weighted by Gasteiger charge is 2.09. The summed E-state index contributed by atoms with van der Waals surface area (Å²) in [5.74, 6) is 0.132. The van der Waals surface area contributed by atoms with E-state index in [1.165, 1.54) is 0 Å². The molecule has 0 heterocycles. The summed E-state index contributed by atoms with van der Waals surface area (Å²) in [7, 11) is 0. The van der Waals surface area contributed by atoms with Gasteiger partial charge in [-0.15, -0.1) is 0 Å². The van der Waals surface area contributed by atoms with Gasteiger partial charge in [-0.25, -0.2) is 0 Å². The molecule has 0 radical (unpaired) electrons. The number of aliphatic carboxylic acids is 1. The van der Waals surface area contributed by atoms with Gasteiger partial charge >= 0.3 is 11.9 Å². The molecule has 0 saturated carbocycles. The summed E-state index contributed by atoms with van der Waals surface area (Å²) in [6.45, 7) is 0. The number of rotatable bonds is 17. The van der Waals surface area contributed by atoms with Crippen LogP contribution in [0.5, 0.6) is 11.5 Å². The number of carbonyl (C=O) groups excluding carboxylic acids is 1. The normalized spacial score (nSPS) is 10.8. The zero-order valence-electron chi connectivity index (χ0n) is 19.6. The Balaban J connectivity index is 1.57. The first kappa shape index (κ1) is 26.4. The van der Waals surface area contributed by atoms with E-state index >= 15 is 0 Å². The minimum Gasteiger partial charge on any atom is -0.508 e. The van der Waals surface area contributed by atoms with Crippen LogP contribution in [0.25, 0.3) is 0 Å². The molecule has 2 aromatic carbocycles. The minimum absolute atomic E-state index is 0.176. The van der Waals surface area contributed by atoms with Crippen LogP contribution in [-0.4, -0.2) is 22.2 Å². The van der Waals surface area contributed by atoms with Crippen LogP contribution < -0.4 is 4.74 Å². The molecule has 0 spiro atoms. The van der Waals surface area contributed by atoms with Crippen molar-refractivity contribution in [3.8, 4) is 11.5 Å². The monoisotopic (exact) mass is 454 g/mol. The molecule has 0 aliphatic carbocycles.